The first-order valence-corrected chi connectivity index (χ1v) is 4.34. The summed E-state index contributed by atoms with van der Waals surface area (Å²) in [4.78, 5) is 10.3. The molecule has 0 aliphatic carbocycles. The largest absolute Gasteiger partial charge is 0.396 e. The fourth-order valence-corrected chi connectivity index (χ4v) is 1.46. The summed E-state index contributed by atoms with van der Waals surface area (Å²) in [6.07, 6.45) is 4.24. The third-order valence-corrected chi connectivity index (χ3v) is 2.17. The van der Waals surface area contributed by atoms with Gasteiger partial charge in [0.05, 0.1) is 18.1 Å². The van der Waals surface area contributed by atoms with Crippen molar-refractivity contribution in [3.05, 3.63) is 12.4 Å². The lowest BCUT2D eigenvalue weighted by molar-refractivity contribution is 0.750. The van der Waals surface area contributed by atoms with Crippen molar-refractivity contribution in [2.24, 2.45) is 5.73 Å². The van der Waals surface area contributed by atoms with Gasteiger partial charge in [-0.25, -0.2) is 9.97 Å². The molecule has 0 aromatic carbocycles. The van der Waals surface area contributed by atoms with Gasteiger partial charge in [0.2, 0.25) is 5.95 Å². The van der Waals surface area contributed by atoms with Crippen molar-refractivity contribution < 1.29 is 0 Å². The van der Waals surface area contributed by atoms with Crippen LogP contribution < -0.4 is 16.4 Å². The van der Waals surface area contributed by atoms with Crippen LogP contribution in [-0.2, 0) is 0 Å². The zero-order valence-electron chi connectivity index (χ0n) is 7.35. The van der Waals surface area contributed by atoms with Gasteiger partial charge in [-0.3, -0.25) is 0 Å². The maximum Gasteiger partial charge on any atom is 0.225 e. The topological polar surface area (TPSA) is 81.1 Å². The maximum absolute atomic E-state index is 5.77. The highest BCUT2D eigenvalue weighted by Crippen LogP contribution is 2.14. The van der Waals surface area contributed by atoms with E-state index in [2.05, 4.69) is 14.9 Å². The average Bonchev–Trinajstić information content (AvgIpc) is 2.53. The second kappa shape index (κ2) is 3.18. The minimum absolute atomic E-state index is 0.251. The Hall–Kier alpha value is -1.36. The molecule has 13 heavy (non-hydrogen) atoms. The highest BCUT2D eigenvalue weighted by atomic mass is 15.3. The van der Waals surface area contributed by atoms with Gasteiger partial charge in [0.1, 0.15) is 0 Å². The molecule has 1 aliphatic heterocycles. The van der Waals surface area contributed by atoms with Crippen LogP contribution >= 0.6 is 0 Å². The Morgan fingerprint density at radius 1 is 1.38 bits per heavy atom. The SMILES string of the molecule is Nc1cnc(N2CCC(N)C2)nc1. The molecule has 0 bridgehead atoms. The van der Waals surface area contributed by atoms with Crippen molar-refractivity contribution in [1.82, 2.24) is 9.97 Å². The van der Waals surface area contributed by atoms with E-state index in [1.54, 1.807) is 12.4 Å². The molecule has 4 N–H and O–H groups in total. The third-order valence-electron chi connectivity index (χ3n) is 2.17. The van der Waals surface area contributed by atoms with Gasteiger partial charge in [0.15, 0.2) is 0 Å². The molecule has 1 aromatic heterocycles. The van der Waals surface area contributed by atoms with E-state index >= 15 is 0 Å². The van der Waals surface area contributed by atoms with Crippen LogP contribution in [0.5, 0.6) is 0 Å². The van der Waals surface area contributed by atoms with Gasteiger partial charge in [-0.2, -0.15) is 0 Å². The second-order valence-electron chi connectivity index (χ2n) is 3.31. The summed E-state index contributed by atoms with van der Waals surface area (Å²) >= 11 is 0. The van der Waals surface area contributed by atoms with E-state index in [1.807, 2.05) is 0 Å². The van der Waals surface area contributed by atoms with Gasteiger partial charge >= 0.3 is 0 Å². The molecule has 0 spiro atoms. The monoisotopic (exact) mass is 179 g/mol. The van der Waals surface area contributed by atoms with E-state index in [-0.39, 0.29) is 6.04 Å². The van der Waals surface area contributed by atoms with Gasteiger partial charge in [0.25, 0.3) is 0 Å². The molecule has 1 unspecified atom stereocenters. The second-order valence-corrected chi connectivity index (χ2v) is 3.31. The summed E-state index contributed by atoms with van der Waals surface area (Å²) in [5.41, 5.74) is 11.8. The smallest absolute Gasteiger partial charge is 0.225 e. The molecule has 2 heterocycles. The fourth-order valence-electron chi connectivity index (χ4n) is 1.46. The molecule has 70 valence electrons. The Morgan fingerprint density at radius 3 is 2.62 bits per heavy atom. The van der Waals surface area contributed by atoms with Crippen LogP contribution in [0.15, 0.2) is 12.4 Å². The summed E-state index contributed by atoms with van der Waals surface area (Å²) in [6, 6.07) is 0.251. The van der Waals surface area contributed by atoms with Crippen molar-refractivity contribution in [3.63, 3.8) is 0 Å². The molecule has 0 radical (unpaired) electrons. The van der Waals surface area contributed by atoms with Gasteiger partial charge in [-0.15, -0.1) is 0 Å². The molecule has 2 rings (SSSR count). The summed E-state index contributed by atoms with van der Waals surface area (Å²) in [6.45, 7) is 1.77. The van der Waals surface area contributed by atoms with Gasteiger partial charge < -0.3 is 16.4 Å². The quantitative estimate of drug-likeness (QED) is 0.613. The standard InChI is InChI=1S/C8H13N5/c9-6-1-2-13(5-6)8-11-3-7(10)4-12-8/h3-4,6H,1-2,5,9-10H2. The van der Waals surface area contributed by atoms with Crippen LogP contribution in [0.4, 0.5) is 11.6 Å². The van der Waals surface area contributed by atoms with Crippen molar-refractivity contribution in [3.8, 4) is 0 Å². The Labute approximate surface area is 76.8 Å². The van der Waals surface area contributed by atoms with Crippen LogP contribution in [0.3, 0.4) is 0 Å². The number of hydrogen-bond acceptors (Lipinski definition) is 5. The van der Waals surface area contributed by atoms with E-state index in [0.717, 1.165) is 25.5 Å². The lowest BCUT2D eigenvalue weighted by atomic mass is 10.3. The lowest BCUT2D eigenvalue weighted by Gasteiger charge is -2.14. The summed E-state index contributed by atoms with van der Waals surface area (Å²) in [5, 5.41) is 0. The Morgan fingerprint density at radius 2 is 2.08 bits per heavy atom. The van der Waals surface area contributed by atoms with E-state index in [1.165, 1.54) is 0 Å². The van der Waals surface area contributed by atoms with Crippen LogP contribution in [0, 0.1) is 0 Å². The van der Waals surface area contributed by atoms with Crippen molar-refractivity contribution in [1.29, 1.82) is 0 Å². The van der Waals surface area contributed by atoms with E-state index < -0.39 is 0 Å². The van der Waals surface area contributed by atoms with Crippen LogP contribution in [-0.4, -0.2) is 29.1 Å². The number of nitrogens with two attached hydrogens (primary N) is 2. The van der Waals surface area contributed by atoms with Gasteiger partial charge in [-0.05, 0) is 6.42 Å². The predicted molar refractivity (Wildman–Crippen MR) is 51.2 cm³/mol. The Bertz CT molecular complexity index is 283. The van der Waals surface area contributed by atoms with Crippen molar-refractivity contribution in [2.45, 2.75) is 12.5 Å². The third kappa shape index (κ3) is 1.70. The lowest BCUT2D eigenvalue weighted by Crippen LogP contribution is -2.27. The molecule has 1 aliphatic rings. The Balaban J connectivity index is 2.13. The zero-order valence-corrected chi connectivity index (χ0v) is 7.35. The van der Waals surface area contributed by atoms with Crippen LogP contribution in [0.25, 0.3) is 0 Å². The molecular weight excluding hydrogens is 166 g/mol. The zero-order chi connectivity index (χ0) is 9.26. The number of hydrogen-bond donors (Lipinski definition) is 2. The van der Waals surface area contributed by atoms with Crippen molar-refractivity contribution >= 4 is 11.6 Å². The molecule has 0 amide bonds. The molecule has 1 atom stereocenters. The molecule has 1 saturated heterocycles. The molecule has 5 heteroatoms. The molecule has 5 nitrogen and oxygen atoms in total. The Kier molecular flexibility index (Phi) is 2.02. The summed E-state index contributed by atoms with van der Waals surface area (Å²) in [5.74, 6) is 0.724. The number of rotatable bonds is 1. The predicted octanol–water partition coefficient (Wildman–Crippen LogP) is -0.404. The summed E-state index contributed by atoms with van der Waals surface area (Å²) < 4.78 is 0. The number of nitrogens with zero attached hydrogens (tertiary/aromatic N) is 3. The average molecular weight is 179 g/mol. The van der Waals surface area contributed by atoms with Gasteiger partial charge in [0, 0.05) is 19.1 Å². The number of aromatic nitrogens is 2. The first kappa shape index (κ1) is 8.25. The summed E-state index contributed by atoms with van der Waals surface area (Å²) in [7, 11) is 0. The molecule has 0 saturated carbocycles. The number of anilines is 2. The van der Waals surface area contributed by atoms with E-state index in [0.29, 0.717) is 5.69 Å². The van der Waals surface area contributed by atoms with Crippen LogP contribution in [0.1, 0.15) is 6.42 Å². The first-order valence-electron chi connectivity index (χ1n) is 4.34. The highest BCUT2D eigenvalue weighted by molar-refractivity contribution is 5.38. The van der Waals surface area contributed by atoms with E-state index in [9.17, 15) is 0 Å². The first-order chi connectivity index (χ1) is 6.25. The van der Waals surface area contributed by atoms with Crippen molar-refractivity contribution in [2.75, 3.05) is 23.7 Å². The molecular formula is C8H13N5. The van der Waals surface area contributed by atoms with Crippen LogP contribution in [0.2, 0.25) is 0 Å². The highest BCUT2D eigenvalue weighted by Gasteiger charge is 2.20. The number of nitrogen functional groups attached to an aromatic ring is 1. The fraction of sp³-hybridized carbons (Fsp3) is 0.500. The van der Waals surface area contributed by atoms with Gasteiger partial charge in [-0.1, -0.05) is 0 Å². The molecule has 1 aromatic rings. The minimum Gasteiger partial charge on any atom is -0.396 e. The maximum atomic E-state index is 5.77. The molecule has 1 fully saturated rings. The minimum atomic E-state index is 0.251. The normalized spacial score (nSPS) is 22.2. The van der Waals surface area contributed by atoms with E-state index in [4.69, 9.17) is 11.5 Å².